The summed E-state index contributed by atoms with van der Waals surface area (Å²) in [7, 11) is -2.68. The topological polar surface area (TPSA) is 102 Å². The minimum atomic E-state index is -3.95. The van der Waals surface area contributed by atoms with E-state index >= 15 is 0 Å². The molecule has 0 aromatic heterocycles. The Morgan fingerprint density at radius 2 is 1.71 bits per heavy atom. The molecule has 34 heavy (non-hydrogen) atoms. The van der Waals surface area contributed by atoms with Gasteiger partial charge in [0.2, 0.25) is 0 Å². The van der Waals surface area contributed by atoms with E-state index in [0.29, 0.717) is 17.1 Å². The predicted octanol–water partition coefficient (Wildman–Crippen LogP) is 3.69. The van der Waals surface area contributed by atoms with Crippen LogP contribution in [-0.4, -0.2) is 40.1 Å². The summed E-state index contributed by atoms with van der Waals surface area (Å²) in [6, 6.07) is 18.0. The highest BCUT2D eigenvalue weighted by atomic mass is 32.2. The van der Waals surface area contributed by atoms with Crippen molar-refractivity contribution in [3.05, 3.63) is 83.4 Å². The number of ether oxygens (including phenoxy) is 2. The Morgan fingerprint density at radius 3 is 2.41 bits per heavy atom. The molecule has 3 aromatic rings. The lowest BCUT2D eigenvalue weighted by atomic mass is 10.1. The van der Waals surface area contributed by atoms with Gasteiger partial charge in [-0.2, -0.15) is 0 Å². The summed E-state index contributed by atoms with van der Waals surface area (Å²) in [6.45, 7) is 3.51. The van der Waals surface area contributed by atoms with Crippen LogP contribution in [0.3, 0.4) is 0 Å². The van der Waals surface area contributed by atoms with Crippen LogP contribution in [0.4, 0.5) is 11.4 Å². The van der Waals surface area contributed by atoms with Gasteiger partial charge in [0.1, 0.15) is 5.75 Å². The molecule has 1 N–H and O–H groups in total. The number of rotatable bonds is 5. The van der Waals surface area contributed by atoms with E-state index in [2.05, 4.69) is 5.32 Å². The predicted molar refractivity (Wildman–Crippen MR) is 128 cm³/mol. The van der Waals surface area contributed by atoms with Crippen molar-refractivity contribution in [1.82, 2.24) is 0 Å². The number of carbonyl (C=O) groups excluding carboxylic acids is 2. The third-order valence-corrected chi connectivity index (χ3v) is 7.23. The van der Waals surface area contributed by atoms with Gasteiger partial charge in [0.25, 0.3) is 15.9 Å². The van der Waals surface area contributed by atoms with E-state index in [9.17, 15) is 18.0 Å². The van der Waals surface area contributed by atoms with Gasteiger partial charge in [0.15, 0.2) is 6.10 Å². The molecular formula is C25H24N2O6S. The number of nitrogens with zero attached hydrogens (tertiary/aromatic N) is 1. The number of carbonyl (C=O) groups is 2. The average Bonchev–Trinajstić information content (AvgIpc) is 2.83. The quantitative estimate of drug-likeness (QED) is 0.559. The van der Waals surface area contributed by atoms with Crippen molar-refractivity contribution in [2.75, 3.05) is 23.3 Å². The molecule has 4 rings (SSSR count). The maximum Gasteiger partial charge on any atom is 0.337 e. The van der Waals surface area contributed by atoms with Crippen molar-refractivity contribution in [3.8, 4) is 5.75 Å². The molecule has 0 unspecified atom stereocenters. The van der Waals surface area contributed by atoms with Gasteiger partial charge >= 0.3 is 5.97 Å². The van der Waals surface area contributed by atoms with Crippen LogP contribution in [0, 0.1) is 13.8 Å². The number of aryl methyl sites for hydroxylation is 2. The number of nitrogens with one attached hydrogen (secondary N) is 1. The van der Waals surface area contributed by atoms with Crippen molar-refractivity contribution in [2.45, 2.75) is 24.8 Å². The van der Waals surface area contributed by atoms with Crippen molar-refractivity contribution in [2.24, 2.45) is 0 Å². The second-order valence-corrected chi connectivity index (χ2v) is 9.85. The second kappa shape index (κ2) is 9.18. The van der Waals surface area contributed by atoms with Gasteiger partial charge in [0.05, 0.1) is 29.8 Å². The Balaban J connectivity index is 1.66. The summed E-state index contributed by atoms with van der Waals surface area (Å²) in [4.78, 5) is 25.0. The number of sulfonamides is 1. The Morgan fingerprint density at radius 1 is 1.00 bits per heavy atom. The number of esters is 1. The zero-order valence-corrected chi connectivity index (χ0v) is 19.8. The lowest BCUT2D eigenvalue weighted by Crippen LogP contribution is -2.48. The van der Waals surface area contributed by atoms with Gasteiger partial charge in [-0.25, -0.2) is 13.2 Å². The first kappa shape index (κ1) is 23.3. The van der Waals surface area contributed by atoms with Crippen LogP contribution in [0.25, 0.3) is 0 Å². The van der Waals surface area contributed by atoms with Crippen LogP contribution >= 0.6 is 0 Å². The van der Waals surface area contributed by atoms with E-state index in [1.807, 2.05) is 13.8 Å². The van der Waals surface area contributed by atoms with Crippen LogP contribution in [0.5, 0.6) is 5.75 Å². The van der Waals surface area contributed by atoms with Crippen LogP contribution < -0.4 is 14.4 Å². The molecule has 0 saturated heterocycles. The van der Waals surface area contributed by atoms with Crippen molar-refractivity contribution in [3.63, 3.8) is 0 Å². The molecule has 0 fully saturated rings. The molecule has 1 amide bonds. The first-order chi connectivity index (χ1) is 16.2. The number of benzene rings is 3. The number of methoxy groups -OCH3 is 1. The first-order valence-corrected chi connectivity index (χ1v) is 12.0. The molecule has 0 radical (unpaired) electrons. The number of amides is 1. The van der Waals surface area contributed by atoms with Gasteiger partial charge in [0, 0.05) is 5.69 Å². The minimum Gasteiger partial charge on any atom is -0.476 e. The second-order valence-electron chi connectivity index (χ2n) is 7.99. The summed E-state index contributed by atoms with van der Waals surface area (Å²) >= 11 is 0. The number of anilines is 2. The molecule has 1 atom stereocenters. The fourth-order valence-corrected chi connectivity index (χ4v) is 5.10. The van der Waals surface area contributed by atoms with E-state index in [4.69, 9.17) is 9.47 Å². The van der Waals surface area contributed by atoms with E-state index in [1.54, 1.807) is 60.7 Å². The highest BCUT2D eigenvalue weighted by Crippen LogP contribution is 2.38. The minimum absolute atomic E-state index is 0.122. The lowest BCUT2D eigenvalue weighted by molar-refractivity contribution is -0.122. The highest BCUT2D eigenvalue weighted by Gasteiger charge is 2.37. The molecule has 0 bridgehead atoms. The smallest absolute Gasteiger partial charge is 0.337 e. The van der Waals surface area contributed by atoms with E-state index < -0.39 is 28.0 Å². The van der Waals surface area contributed by atoms with Crippen LogP contribution in [0.2, 0.25) is 0 Å². The third kappa shape index (κ3) is 4.60. The maximum absolute atomic E-state index is 13.5. The number of fused-ring (bicyclic) bond motifs is 1. The SMILES string of the molecule is COC(=O)c1cccc(NC(=O)[C@@H]2CN(S(=O)(=O)c3ccc(C)cc3)c3ccc(C)cc3O2)c1. The summed E-state index contributed by atoms with van der Waals surface area (Å²) < 4.78 is 38.9. The Kier molecular flexibility index (Phi) is 6.30. The van der Waals surface area contributed by atoms with Gasteiger partial charge in [-0.15, -0.1) is 0 Å². The molecule has 8 nitrogen and oxygen atoms in total. The fourth-order valence-electron chi connectivity index (χ4n) is 3.63. The summed E-state index contributed by atoms with van der Waals surface area (Å²) in [5.74, 6) is -0.784. The molecule has 0 spiro atoms. The van der Waals surface area contributed by atoms with Gasteiger partial charge in [-0.3, -0.25) is 9.10 Å². The van der Waals surface area contributed by atoms with E-state index in [1.165, 1.54) is 17.5 Å². The van der Waals surface area contributed by atoms with Gasteiger partial charge in [-0.05, 0) is 61.9 Å². The van der Waals surface area contributed by atoms with Crippen molar-refractivity contribution >= 4 is 33.3 Å². The molecule has 0 saturated carbocycles. The highest BCUT2D eigenvalue weighted by molar-refractivity contribution is 7.92. The van der Waals surface area contributed by atoms with Crippen molar-refractivity contribution in [1.29, 1.82) is 0 Å². The van der Waals surface area contributed by atoms with Crippen LogP contribution in [0.1, 0.15) is 21.5 Å². The molecule has 176 valence electrons. The normalized spacial score (nSPS) is 15.1. The zero-order chi connectivity index (χ0) is 24.5. The molecule has 1 aliphatic rings. The Bertz CT molecular complexity index is 1350. The molecule has 9 heteroatoms. The lowest BCUT2D eigenvalue weighted by Gasteiger charge is -2.35. The Labute approximate surface area is 198 Å². The summed E-state index contributed by atoms with van der Waals surface area (Å²) in [5, 5.41) is 2.70. The third-order valence-electron chi connectivity index (χ3n) is 5.44. The summed E-state index contributed by atoms with van der Waals surface area (Å²) in [5.41, 5.74) is 2.79. The van der Waals surface area contributed by atoms with Gasteiger partial charge in [-0.1, -0.05) is 29.8 Å². The monoisotopic (exact) mass is 480 g/mol. The molecule has 3 aromatic carbocycles. The summed E-state index contributed by atoms with van der Waals surface area (Å²) in [6.07, 6.45) is -1.11. The standard InChI is InChI=1S/C25H24N2O6S/c1-16-7-10-20(11-8-16)34(30,31)27-15-23(33-22-13-17(2)9-12-21(22)27)24(28)26-19-6-4-5-18(14-19)25(29)32-3/h4-14,23H,15H2,1-3H3,(H,26,28)/t23-/m0/s1. The van der Waals surface area contributed by atoms with Crippen LogP contribution in [0.15, 0.2) is 71.6 Å². The molecule has 0 aliphatic carbocycles. The van der Waals surface area contributed by atoms with Crippen LogP contribution in [-0.2, 0) is 19.6 Å². The molecule has 1 heterocycles. The largest absolute Gasteiger partial charge is 0.476 e. The number of hydrogen-bond donors (Lipinski definition) is 1. The Hall–Kier alpha value is -3.85. The number of hydrogen-bond acceptors (Lipinski definition) is 6. The average molecular weight is 481 g/mol. The molecular weight excluding hydrogens is 456 g/mol. The van der Waals surface area contributed by atoms with Gasteiger partial charge < -0.3 is 14.8 Å². The fraction of sp³-hybridized carbons (Fsp3) is 0.200. The first-order valence-electron chi connectivity index (χ1n) is 10.5. The van der Waals surface area contributed by atoms with E-state index in [0.717, 1.165) is 11.1 Å². The molecule has 1 aliphatic heterocycles. The maximum atomic E-state index is 13.5. The van der Waals surface area contributed by atoms with E-state index in [-0.39, 0.29) is 17.0 Å². The zero-order valence-electron chi connectivity index (χ0n) is 18.9. The van der Waals surface area contributed by atoms with Crippen molar-refractivity contribution < 1.29 is 27.5 Å².